The molecule has 0 saturated carbocycles. The van der Waals surface area contributed by atoms with E-state index in [9.17, 15) is 4.79 Å². The molecule has 1 aromatic rings. The minimum Gasteiger partial charge on any atom is -0.486 e. The lowest BCUT2D eigenvalue weighted by molar-refractivity contribution is -0.116. The highest BCUT2D eigenvalue weighted by molar-refractivity contribution is 8.00. The molecular weight excluding hydrogens is 224 g/mol. The third-order valence-electron chi connectivity index (χ3n) is 2.31. The number of thioether (sulfide) groups is 1. The molecule has 1 aliphatic heterocycles. The summed E-state index contributed by atoms with van der Waals surface area (Å²) in [7, 11) is 0. The van der Waals surface area contributed by atoms with Gasteiger partial charge in [0.2, 0.25) is 0 Å². The summed E-state index contributed by atoms with van der Waals surface area (Å²) in [5.41, 5.74) is 0. The lowest BCUT2D eigenvalue weighted by Crippen LogP contribution is -2.15. The van der Waals surface area contributed by atoms with Crippen LogP contribution in [0.2, 0.25) is 0 Å². The van der Waals surface area contributed by atoms with Crippen molar-refractivity contribution < 1.29 is 14.3 Å². The van der Waals surface area contributed by atoms with Crippen LogP contribution < -0.4 is 9.47 Å². The van der Waals surface area contributed by atoms with Crippen molar-refractivity contribution in [1.29, 1.82) is 0 Å². The normalized spacial score (nSPS) is 13.6. The summed E-state index contributed by atoms with van der Waals surface area (Å²) in [6.45, 7) is 3.08. The van der Waals surface area contributed by atoms with Crippen LogP contribution in [0.15, 0.2) is 23.1 Å². The van der Waals surface area contributed by atoms with Crippen molar-refractivity contribution in [2.45, 2.75) is 18.2 Å². The Balaban J connectivity index is 2.03. The number of benzene rings is 1. The molecule has 2 rings (SSSR count). The average molecular weight is 238 g/mol. The van der Waals surface area contributed by atoms with Crippen molar-refractivity contribution in [3.63, 3.8) is 0 Å². The zero-order valence-corrected chi connectivity index (χ0v) is 10.0. The molecule has 0 atom stereocenters. The number of fused-ring (bicyclic) bond motifs is 1. The third-order valence-corrected chi connectivity index (χ3v) is 3.36. The Morgan fingerprint density at radius 1 is 1.31 bits per heavy atom. The van der Waals surface area contributed by atoms with Gasteiger partial charge >= 0.3 is 0 Å². The van der Waals surface area contributed by atoms with E-state index in [4.69, 9.17) is 9.47 Å². The lowest BCUT2D eigenvalue weighted by atomic mass is 10.3. The molecule has 1 heterocycles. The molecule has 0 radical (unpaired) electrons. The number of hydrogen-bond acceptors (Lipinski definition) is 4. The molecular formula is C12H14O3S. The summed E-state index contributed by atoms with van der Waals surface area (Å²) < 4.78 is 10.9. The average Bonchev–Trinajstić information content (AvgIpc) is 2.35. The quantitative estimate of drug-likeness (QED) is 0.755. The van der Waals surface area contributed by atoms with E-state index in [2.05, 4.69) is 0 Å². The SMILES string of the molecule is CCC(=O)CSc1ccc2c(c1)OCCO2. The fraction of sp³-hybridized carbons (Fsp3) is 0.417. The highest BCUT2D eigenvalue weighted by atomic mass is 32.2. The standard InChI is InChI=1S/C12H14O3S/c1-2-9(13)8-16-10-3-4-11-12(7-10)15-6-5-14-11/h3-4,7H,2,5-6,8H2,1H3. The molecule has 16 heavy (non-hydrogen) atoms. The minimum atomic E-state index is 0.264. The summed E-state index contributed by atoms with van der Waals surface area (Å²) in [6, 6.07) is 5.79. The molecule has 1 aromatic carbocycles. The predicted octanol–water partition coefficient (Wildman–Crippen LogP) is 2.53. The molecule has 0 unspecified atom stereocenters. The van der Waals surface area contributed by atoms with Crippen LogP contribution in [0.25, 0.3) is 0 Å². The Morgan fingerprint density at radius 2 is 2.06 bits per heavy atom. The Bertz CT molecular complexity index is 390. The molecule has 3 nitrogen and oxygen atoms in total. The molecule has 0 amide bonds. The van der Waals surface area contributed by atoms with Gasteiger partial charge in [0, 0.05) is 11.3 Å². The summed E-state index contributed by atoms with van der Waals surface area (Å²) in [6.07, 6.45) is 0.595. The van der Waals surface area contributed by atoms with Gasteiger partial charge in [-0.15, -0.1) is 11.8 Å². The van der Waals surface area contributed by atoms with Crippen molar-refractivity contribution in [1.82, 2.24) is 0 Å². The zero-order chi connectivity index (χ0) is 11.4. The molecule has 0 aromatic heterocycles. The van der Waals surface area contributed by atoms with E-state index in [1.165, 1.54) is 0 Å². The van der Waals surface area contributed by atoms with Gasteiger partial charge in [0.05, 0.1) is 5.75 Å². The molecule has 0 spiro atoms. The van der Waals surface area contributed by atoms with Crippen molar-refractivity contribution in [2.24, 2.45) is 0 Å². The second kappa shape index (κ2) is 5.25. The van der Waals surface area contributed by atoms with Gasteiger partial charge in [-0.25, -0.2) is 0 Å². The van der Waals surface area contributed by atoms with Crippen LogP contribution in [0.5, 0.6) is 11.5 Å². The summed E-state index contributed by atoms with van der Waals surface area (Å²) in [5, 5.41) is 0. The number of rotatable bonds is 4. The summed E-state index contributed by atoms with van der Waals surface area (Å²) in [5.74, 6) is 2.35. The number of ketones is 1. The first-order valence-electron chi connectivity index (χ1n) is 5.33. The first kappa shape index (κ1) is 11.3. The smallest absolute Gasteiger partial charge is 0.162 e. The Morgan fingerprint density at radius 3 is 2.81 bits per heavy atom. The predicted molar refractivity (Wildman–Crippen MR) is 63.5 cm³/mol. The highest BCUT2D eigenvalue weighted by Gasteiger charge is 2.12. The van der Waals surface area contributed by atoms with E-state index in [0.717, 1.165) is 16.4 Å². The molecule has 86 valence electrons. The van der Waals surface area contributed by atoms with E-state index in [0.29, 0.717) is 25.4 Å². The lowest BCUT2D eigenvalue weighted by Gasteiger charge is -2.18. The maximum absolute atomic E-state index is 11.2. The maximum Gasteiger partial charge on any atom is 0.162 e. The van der Waals surface area contributed by atoms with Crippen molar-refractivity contribution in [2.75, 3.05) is 19.0 Å². The van der Waals surface area contributed by atoms with Gasteiger partial charge in [-0.05, 0) is 18.2 Å². The van der Waals surface area contributed by atoms with Crippen LogP contribution in [0.1, 0.15) is 13.3 Å². The Hall–Kier alpha value is -1.16. The third kappa shape index (κ3) is 2.70. The summed E-state index contributed by atoms with van der Waals surface area (Å²) >= 11 is 1.54. The molecule has 0 bridgehead atoms. The molecule has 0 aliphatic carbocycles. The maximum atomic E-state index is 11.2. The van der Waals surface area contributed by atoms with E-state index in [-0.39, 0.29) is 5.78 Å². The molecule has 0 fully saturated rings. The van der Waals surface area contributed by atoms with Crippen LogP contribution in [-0.4, -0.2) is 24.7 Å². The van der Waals surface area contributed by atoms with Gasteiger partial charge in [0.1, 0.15) is 19.0 Å². The zero-order valence-electron chi connectivity index (χ0n) is 9.19. The molecule has 0 saturated heterocycles. The number of Topliss-reactive ketones (excluding diaryl/α,β-unsaturated/α-hetero) is 1. The minimum absolute atomic E-state index is 0.264. The highest BCUT2D eigenvalue weighted by Crippen LogP contribution is 2.34. The van der Waals surface area contributed by atoms with Gasteiger partial charge in [-0.1, -0.05) is 6.92 Å². The van der Waals surface area contributed by atoms with Gasteiger partial charge in [-0.3, -0.25) is 4.79 Å². The van der Waals surface area contributed by atoms with Gasteiger partial charge in [0.25, 0.3) is 0 Å². The van der Waals surface area contributed by atoms with Crippen LogP contribution in [-0.2, 0) is 4.79 Å². The monoisotopic (exact) mass is 238 g/mol. The number of hydrogen-bond donors (Lipinski definition) is 0. The van der Waals surface area contributed by atoms with E-state index in [1.54, 1.807) is 11.8 Å². The summed E-state index contributed by atoms with van der Waals surface area (Å²) in [4.78, 5) is 12.2. The van der Waals surface area contributed by atoms with Gasteiger partial charge in [0.15, 0.2) is 11.5 Å². The van der Waals surface area contributed by atoms with Gasteiger partial charge < -0.3 is 9.47 Å². The largest absolute Gasteiger partial charge is 0.486 e. The van der Waals surface area contributed by atoms with Crippen LogP contribution >= 0.6 is 11.8 Å². The van der Waals surface area contributed by atoms with Gasteiger partial charge in [-0.2, -0.15) is 0 Å². The number of carbonyl (C=O) groups excluding carboxylic acids is 1. The van der Waals surface area contributed by atoms with Crippen molar-refractivity contribution in [3.05, 3.63) is 18.2 Å². The Labute approximate surface area is 99.1 Å². The van der Waals surface area contributed by atoms with E-state index < -0.39 is 0 Å². The van der Waals surface area contributed by atoms with E-state index in [1.807, 2.05) is 25.1 Å². The number of ether oxygens (including phenoxy) is 2. The van der Waals surface area contributed by atoms with Crippen LogP contribution in [0.4, 0.5) is 0 Å². The first-order valence-corrected chi connectivity index (χ1v) is 6.32. The first-order chi connectivity index (χ1) is 7.79. The second-order valence-corrected chi connectivity index (χ2v) is 4.54. The molecule has 1 aliphatic rings. The fourth-order valence-electron chi connectivity index (χ4n) is 1.38. The Kier molecular flexibility index (Phi) is 3.72. The van der Waals surface area contributed by atoms with E-state index >= 15 is 0 Å². The number of carbonyl (C=O) groups is 1. The van der Waals surface area contributed by atoms with Crippen LogP contribution in [0, 0.1) is 0 Å². The fourth-order valence-corrected chi connectivity index (χ4v) is 2.27. The molecule has 0 N–H and O–H groups in total. The second-order valence-electron chi connectivity index (χ2n) is 3.49. The van der Waals surface area contributed by atoms with Crippen molar-refractivity contribution in [3.8, 4) is 11.5 Å². The van der Waals surface area contributed by atoms with Crippen molar-refractivity contribution >= 4 is 17.5 Å². The molecule has 4 heteroatoms. The topological polar surface area (TPSA) is 35.5 Å². The van der Waals surface area contributed by atoms with Crippen LogP contribution in [0.3, 0.4) is 0 Å².